The molecule has 7 heteroatoms. The van der Waals surface area contributed by atoms with Gasteiger partial charge < -0.3 is 9.80 Å². The third kappa shape index (κ3) is 4.28. The topological polar surface area (TPSA) is 75.5 Å². The van der Waals surface area contributed by atoms with Crippen LogP contribution in [-0.2, 0) is 6.54 Å². The van der Waals surface area contributed by atoms with Crippen molar-refractivity contribution < 1.29 is 9.59 Å². The molecule has 1 fully saturated rings. The van der Waals surface area contributed by atoms with E-state index < -0.39 is 0 Å². The highest BCUT2D eigenvalue weighted by molar-refractivity contribution is 6.04. The highest BCUT2D eigenvalue weighted by Gasteiger charge is 2.26. The van der Waals surface area contributed by atoms with E-state index in [0.29, 0.717) is 54.8 Å². The second-order valence-electron chi connectivity index (χ2n) is 8.16. The van der Waals surface area contributed by atoms with Crippen molar-refractivity contribution in [2.75, 3.05) is 31.1 Å². The molecule has 1 aliphatic rings. The number of anilines is 1. The lowest BCUT2D eigenvalue weighted by atomic mass is 10.1. The number of aromatic nitrogens is 2. The molecule has 2 aromatic carbocycles. The summed E-state index contributed by atoms with van der Waals surface area (Å²) in [5, 5.41) is 5.63. The molecule has 0 atom stereocenters. The van der Waals surface area contributed by atoms with Gasteiger partial charge in [-0.25, -0.2) is 4.68 Å². The molecular weight excluding hydrogens is 404 g/mol. The summed E-state index contributed by atoms with van der Waals surface area (Å²) in [5.74, 6) is -0.0926. The van der Waals surface area contributed by atoms with Crippen LogP contribution in [-0.4, -0.2) is 52.5 Å². The lowest BCUT2D eigenvalue weighted by Crippen LogP contribution is -2.49. The number of fused-ring (bicyclic) bond motifs is 1. The molecule has 1 aliphatic heterocycles. The number of ketones is 1. The number of carbonyl (C=O) groups excluding carboxylic acids is 2. The minimum Gasteiger partial charge on any atom is -0.368 e. The average Bonchev–Trinajstić information content (AvgIpc) is 2.83. The van der Waals surface area contributed by atoms with E-state index in [4.69, 9.17) is 0 Å². The lowest BCUT2D eigenvalue weighted by Gasteiger charge is -2.36. The molecular formula is C25H28N4O3. The van der Waals surface area contributed by atoms with Crippen molar-refractivity contribution in [3.63, 3.8) is 0 Å². The first-order chi connectivity index (χ1) is 15.5. The van der Waals surface area contributed by atoms with Gasteiger partial charge in [-0.05, 0) is 43.7 Å². The molecule has 0 radical (unpaired) electrons. The molecule has 1 saturated heterocycles. The van der Waals surface area contributed by atoms with Crippen molar-refractivity contribution in [2.45, 2.75) is 33.2 Å². The number of carbonyl (C=O) groups is 2. The zero-order chi connectivity index (χ0) is 22.7. The minimum absolute atomic E-state index is 0.0481. The van der Waals surface area contributed by atoms with E-state index in [1.54, 1.807) is 19.1 Å². The highest BCUT2D eigenvalue weighted by atomic mass is 16.2. The first-order valence-corrected chi connectivity index (χ1v) is 11.1. The van der Waals surface area contributed by atoms with E-state index in [0.717, 1.165) is 18.5 Å². The Hall–Kier alpha value is -3.48. The molecule has 0 saturated carbocycles. The normalized spacial score (nSPS) is 14.1. The number of unbranched alkanes of at least 4 members (excludes halogenated alkanes) is 1. The monoisotopic (exact) mass is 432 g/mol. The molecule has 4 rings (SSSR count). The molecule has 0 spiro atoms. The maximum absolute atomic E-state index is 13.4. The van der Waals surface area contributed by atoms with Crippen molar-refractivity contribution in [1.29, 1.82) is 0 Å². The molecule has 0 unspecified atom stereocenters. The number of piperazine rings is 1. The molecule has 0 N–H and O–H groups in total. The Bertz CT molecular complexity index is 1190. The van der Waals surface area contributed by atoms with Gasteiger partial charge in [0.2, 0.25) is 0 Å². The van der Waals surface area contributed by atoms with Gasteiger partial charge in [0.25, 0.3) is 11.5 Å². The number of amides is 1. The van der Waals surface area contributed by atoms with Gasteiger partial charge in [-0.15, -0.1) is 0 Å². The zero-order valence-electron chi connectivity index (χ0n) is 18.6. The predicted molar refractivity (Wildman–Crippen MR) is 125 cm³/mol. The van der Waals surface area contributed by atoms with Crippen LogP contribution in [0.3, 0.4) is 0 Å². The summed E-state index contributed by atoms with van der Waals surface area (Å²) in [6, 6.07) is 14.8. The molecule has 32 heavy (non-hydrogen) atoms. The Morgan fingerprint density at radius 3 is 2.22 bits per heavy atom. The van der Waals surface area contributed by atoms with Crippen LogP contribution in [0.25, 0.3) is 10.8 Å². The van der Waals surface area contributed by atoms with E-state index in [2.05, 4.69) is 16.9 Å². The fourth-order valence-electron chi connectivity index (χ4n) is 4.08. The number of hydrogen-bond acceptors (Lipinski definition) is 5. The van der Waals surface area contributed by atoms with E-state index >= 15 is 0 Å². The predicted octanol–water partition coefficient (Wildman–Crippen LogP) is 3.36. The molecule has 1 aromatic heterocycles. The van der Waals surface area contributed by atoms with Gasteiger partial charge >= 0.3 is 0 Å². The van der Waals surface area contributed by atoms with Crippen LogP contribution in [0.1, 0.15) is 47.5 Å². The molecule has 3 aromatic rings. The summed E-state index contributed by atoms with van der Waals surface area (Å²) in [6.07, 6.45) is 1.78. The first kappa shape index (κ1) is 21.7. The van der Waals surface area contributed by atoms with E-state index in [-0.39, 0.29) is 17.2 Å². The van der Waals surface area contributed by atoms with Crippen molar-refractivity contribution in [1.82, 2.24) is 14.7 Å². The Morgan fingerprint density at radius 2 is 1.59 bits per heavy atom. The van der Waals surface area contributed by atoms with Crippen molar-refractivity contribution in [2.24, 2.45) is 0 Å². The van der Waals surface area contributed by atoms with Crippen LogP contribution >= 0.6 is 0 Å². The van der Waals surface area contributed by atoms with E-state index in [9.17, 15) is 14.4 Å². The number of aryl methyl sites for hydroxylation is 1. The van der Waals surface area contributed by atoms with E-state index in [1.807, 2.05) is 41.3 Å². The van der Waals surface area contributed by atoms with Crippen molar-refractivity contribution >= 4 is 28.2 Å². The number of Topliss-reactive ketones (excluding diaryl/α,β-unsaturated/α-hetero) is 1. The number of nitrogens with zero attached hydrogens (tertiary/aromatic N) is 4. The second-order valence-corrected chi connectivity index (χ2v) is 8.16. The van der Waals surface area contributed by atoms with Crippen LogP contribution in [0.5, 0.6) is 0 Å². The Balaban J connectivity index is 1.54. The van der Waals surface area contributed by atoms with Crippen LogP contribution in [0.2, 0.25) is 0 Å². The third-order valence-corrected chi connectivity index (χ3v) is 6.00. The molecule has 0 bridgehead atoms. The Kier molecular flexibility index (Phi) is 6.35. The molecule has 2 heterocycles. The fraction of sp³-hybridized carbons (Fsp3) is 0.360. The molecule has 1 amide bonds. The third-order valence-electron chi connectivity index (χ3n) is 6.00. The van der Waals surface area contributed by atoms with Crippen LogP contribution in [0, 0.1) is 0 Å². The van der Waals surface area contributed by atoms with Gasteiger partial charge in [0.15, 0.2) is 11.5 Å². The summed E-state index contributed by atoms with van der Waals surface area (Å²) in [4.78, 5) is 41.7. The number of rotatable bonds is 6. The standard InChI is InChI=1S/C25H28N4O3/c1-3-4-13-29-24(31)22-8-6-5-7-21(22)23(26-29)25(32)28-16-14-27(15-17-28)20-11-9-19(10-12-20)18(2)30/h5-12H,3-4,13-17H2,1-2H3. The quantitative estimate of drug-likeness (QED) is 0.559. The summed E-state index contributed by atoms with van der Waals surface area (Å²) in [7, 11) is 0. The van der Waals surface area contributed by atoms with Crippen molar-refractivity contribution in [3.05, 3.63) is 70.1 Å². The van der Waals surface area contributed by atoms with Crippen LogP contribution in [0.15, 0.2) is 53.3 Å². The highest BCUT2D eigenvalue weighted by Crippen LogP contribution is 2.20. The van der Waals surface area contributed by atoms with Crippen molar-refractivity contribution in [3.8, 4) is 0 Å². The fourth-order valence-corrected chi connectivity index (χ4v) is 4.08. The van der Waals surface area contributed by atoms with Gasteiger partial charge in [0, 0.05) is 49.4 Å². The van der Waals surface area contributed by atoms with Gasteiger partial charge in [0.05, 0.1) is 5.39 Å². The smallest absolute Gasteiger partial charge is 0.275 e. The number of benzene rings is 2. The maximum atomic E-state index is 13.4. The van der Waals surface area contributed by atoms with Gasteiger partial charge in [-0.3, -0.25) is 14.4 Å². The molecule has 166 valence electrons. The second kappa shape index (κ2) is 9.34. The van der Waals surface area contributed by atoms with E-state index in [1.165, 1.54) is 4.68 Å². The average molecular weight is 433 g/mol. The van der Waals surface area contributed by atoms with Crippen LogP contribution < -0.4 is 10.5 Å². The van der Waals surface area contributed by atoms with Gasteiger partial charge in [-0.1, -0.05) is 31.5 Å². The molecule has 0 aliphatic carbocycles. The summed E-state index contributed by atoms with van der Waals surface area (Å²) in [5.41, 5.74) is 1.93. The summed E-state index contributed by atoms with van der Waals surface area (Å²) >= 11 is 0. The van der Waals surface area contributed by atoms with Gasteiger partial charge in [-0.2, -0.15) is 5.10 Å². The largest absolute Gasteiger partial charge is 0.368 e. The minimum atomic E-state index is -0.149. The summed E-state index contributed by atoms with van der Waals surface area (Å²) < 4.78 is 1.44. The zero-order valence-corrected chi connectivity index (χ0v) is 18.6. The maximum Gasteiger partial charge on any atom is 0.275 e. The molecule has 7 nitrogen and oxygen atoms in total. The Morgan fingerprint density at radius 1 is 0.938 bits per heavy atom. The summed E-state index contributed by atoms with van der Waals surface area (Å²) in [6.45, 7) is 6.64. The lowest BCUT2D eigenvalue weighted by molar-refractivity contribution is 0.0740. The number of hydrogen-bond donors (Lipinski definition) is 0. The van der Waals surface area contributed by atoms with Gasteiger partial charge in [0.1, 0.15) is 0 Å². The SMILES string of the molecule is CCCCn1nc(C(=O)N2CCN(c3ccc(C(C)=O)cc3)CC2)c2ccccc2c1=O. The van der Waals surface area contributed by atoms with Crippen LogP contribution in [0.4, 0.5) is 5.69 Å². The Labute approximate surface area is 187 Å². The first-order valence-electron chi connectivity index (χ1n) is 11.1.